The average molecular weight is 474 g/mol. The predicted octanol–water partition coefficient (Wildman–Crippen LogP) is 2.61. The largest absolute Gasteiger partial charge is 0.457 e. The molecule has 182 valence electrons. The van der Waals surface area contributed by atoms with Crippen molar-refractivity contribution in [1.29, 1.82) is 0 Å². The minimum Gasteiger partial charge on any atom is -0.457 e. The van der Waals surface area contributed by atoms with Crippen molar-refractivity contribution in [3.8, 4) is 11.5 Å². The quantitative estimate of drug-likeness (QED) is 0.578. The van der Waals surface area contributed by atoms with Crippen molar-refractivity contribution in [2.45, 2.75) is 38.0 Å². The van der Waals surface area contributed by atoms with Crippen molar-refractivity contribution in [3.63, 3.8) is 0 Å². The Morgan fingerprint density at radius 1 is 1.11 bits per heavy atom. The Hall–Kier alpha value is -3.62. The number of ether oxygens (including phenoxy) is 1. The summed E-state index contributed by atoms with van der Waals surface area (Å²) < 4.78 is 5.94. The molecule has 3 aliphatic rings. The third kappa shape index (κ3) is 4.67. The Morgan fingerprint density at radius 3 is 2.60 bits per heavy atom. The second kappa shape index (κ2) is 9.93. The molecule has 0 radical (unpaired) electrons. The summed E-state index contributed by atoms with van der Waals surface area (Å²) in [4.78, 5) is 29.5. The molecule has 0 bridgehead atoms. The SMILES string of the molecule is C/C=C/C(=O)N1CCC[C@@H](N2C=C(c3ccc(Oc4ccccc4)cc3)C3C(N)NNC(=O)C32)C1. The summed E-state index contributed by atoms with van der Waals surface area (Å²) in [6, 6.07) is 17.1. The lowest BCUT2D eigenvalue weighted by atomic mass is 9.86. The molecule has 0 saturated carbocycles. The van der Waals surface area contributed by atoms with E-state index >= 15 is 0 Å². The second-order valence-corrected chi connectivity index (χ2v) is 9.18. The van der Waals surface area contributed by atoms with Gasteiger partial charge in [0.25, 0.3) is 5.91 Å². The molecule has 4 N–H and O–H groups in total. The van der Waals surface area contributed by atoms with Gasteiger partial charge in [-0.15, -0.1) is 0 Å². The van der Waals surface area contributed by atoms with Gasteiger partial charge in [-0.1, -0.05) is 36.4 Å². The first-order valence-corrected chi connectivity index (χ1v) is 12.1. The van der Waals surface area contributed by atoms with Gasteiger partial charge in [-0.2, -0.15) is 0 Å². The van der Waals surface area contributed by atoms with E-state index in [1.54, 1.807) is 12.2 Å². The van der Waals surface area contributed by atoms with Crippen LogP contribution in [0.3, 0.4) is 0 Å². The molecule has 2 aromatic rings. The molecule has 0 spiro atoms. The van der Waals surface area contributed by atoms with E-state index in [1.807, 2.05) is 66.4 Å². The van der Waals surface area contributed by atoms with Crippen molar-refractivity contribution in [2.24, 2.45) is 11.7 Å². The third-order valence-electron chi connectivity index (χ3n) is 6.93. The second-order valence-electron chi connectivity index (χ2n) is 9.18. The maximum Gasteiger partial charge on any atom is 0.257 e. The van der Waals surface area contributed by atoms with Crippen LogP contribution in [0.25, 0.3) is 5.57 Å². The molecule has 3 aliphatic heterocycles. The first-order chi connectivity index (χ1) is 17.0. The number of carbonyl (C=O) groups excluding carboxylic acids is 2. The van der Waals surface area contributed by atoms with Gasteiger partial charge in [0.2, 0.25) is 5.91 Å². The van der Waals surface area contributed by atoms with Crippen LogP contribution in [0.4, 0.5) is 0 Å². The van der Waals surface area contributed by atoms with E-state index in [2.05, 4.69) is 22.0 Å². The Kier molecular flexibility index (Phi) is 6.57. The highest BCUT2D eigenvalue weighted by molar-refractivity contribution is 5.89. The molecule has 0 aromatic heterocycles. The molecular formula is C27H31N5O3. The molecule has 5 rings (SSSR count). The number of nitrogens with zero attached hydrogens (tertiary/aromatic N) is 2. The van der Waals surface area contributed by atoms with Crippen LogP contribution in [0.15, 0.2) is 72.9 Å². The van der Waals surface area contributed by atoms with Gasteiger partial charge in [0.1, 0.15) is 17.5 Å². The first-order valence-electron chi connectivity index (χ1n) is 12.1. The summed E-state index contributed by atoms with van der Waals surface area (Å²) in [6.07, 6.45) is 6.81. The maximum absolute atomic E-state index is 13.0. The monoisotopic (exact) mass is 473 g/mol. The van der Waals surface area contributed by atoms with Crippen molar-refractivity contribution >= 4 is 17.4 Å². The predicted molar refractivity (Wildman–Crippen MR) is 134 cm³/mol. The summed E-state index contributed by atoms with van der Waals surface area (Å²) in [7, 11) is 0. The van der Waals surface area contributed by atoms with Crippen LogP contribution in [0, 0.1) is 5.92 Å². The van der Waals surface area contributed by atoms with E-state index in [4.69, 9.17) is 10.5 Å². The van der Waals surface area contributed by atoms with Gasteiger partial charge in [0.05, 0.1) is 6.17 Å². The van der Waals surface area contributed by atoms with Crippen molar-refractivity contribution < 1.29 is 14.3 Å². The number of allylic oxidation sites excluding steroid dienone is 1. The Bertz CT molecular complexity index is 1130. The molecule has 8 heteroatoms. The van der Waals surface area contributed by atoms with Gasteiger partial charge in [0.15, 0.2) is 0 Å². The number of likely N-dealkylation sites (tertiary alicyclic amines) is 1. The van der Waals surface area contributed by atoms with Crippen LogP contribution in [0.5, 0.6) is 11.5 Å². The van der Waals surface area contributed by atoms with E-state index in [0.717, 1.165) is 42.0 Å². The first kappa shape index (κ1) is 23.1. The minimum atomic E-state index is -0.432. The zero-order valence-corrected chi connectivity index (χ0v) is 19.8. The van der Waals surface area contributed by atoms with Gasteiger partial charge in [-0.25, -0.2) is 5.43 Å². The van der Waals surface area contributed by atoms with Crippen molar-refractivity contribution in [3.05, 3.63) is 78.5 Å². The fourth-order valence-electron chi connectivity index (χ4n) is 5.27. The molecule has 3 heterocycles. The number of nitrogens with one attached hydrogen (secondary N) is 2. The lowest BCUT2D eigenvalue weighted by Gasteiger charge is -2.43. The lowest BCUT2D eigenvalue weighted by molar-refractivity contribution is -0.132. The zero-order chi connectivity index (χ0) is 24.4. The fraction of sp³-hybridized carbons (Fsp3) is 0.333. The average Bonchev–Trinajstić information content (AvgIpc) is 3.30. The van der Waals surface area contributed by atoms with E-state index in [1.165, 1.54) is 0 Å². The van der Waals surface area contributed by atoms with E-state index in [0.29, 0.717) is 6.54 Å². The molecule has 4 atom stereocenters. The highest BCUT2D eigenvalue weighted by atomic mass is 16.5. The maximum atomic E-state index is 13.0. The van der Waals surface area contributed by atoms with Gasteiger partial charge in [-0.05, 0) is 61.2 Å². The smallest absolute Gasteiger partial charge is 0.257 e. The van der Waals surface area contributed by atoms with E-state index in [9.17, 15) is 9.59 Å². The van der Waals surface area contributed by atoms with Gasteiger partial charge in [0, 0.05) is 31.2 Å². The molecule has 8 nitrogen and oxygen atoms in total. The molecule has 2 amide bonds. The molecular weight excluding hydrogens is 442 g/mol. The Balaban J connectivity index is 1.42. The van der Waals surface area contributed by atoms with Crippen LogP contribution in [0.1, 0.15) is 25.3 Å². The number of piperidine rings is 1. The topological polar surface area (TPSA) is 99.9 Å². The summed E-state index contributed by atoms with van der Waals surface area (Å²) in [5.41, 5.74) is 14.1. The number of hydrogen-bond acceptors (Lipinski definition) is 6. The number of fused-ring (bicyclic) bond motifs is 1. The van der Waals surface area contributed by atoms with Crippen LogP contribution >= 0.6 is 0 Å². The Morgan fingerprint density at radius 2 is 1.86 bits per heavy atom. The number of hydrazine groups is 1. The summed E-state index contributed by atoms with van der Waals surface area (Å²) >= 11 is 0. The summed E-state index contributed by atoms with van der Waals surface area (Å²) in [6.45, 7) is 3.15. The number of hydrogen-bond donors (Lipinski definition) is 3. The van der Waals surface area contributed by atoms with Gasteiger partial charge in [-0.3, -0.25) is 15.0 Å². The van der Waals surface area contributed by atoms with E-state index < -0.39 is 12.2 Å². The number of carbonyl (C=O) groups is 2. The molecule has 0 aliphatic carbocycles. The van der Waals surface area contributed by atoms with Gasteiger partial charge >= 0.3 is 0 Å². The summed E-state index contributed by atoms with van der Waals surface area (Å²) in [5.74, 6) is 1.20. The molecule has 3 unspecified atom stereocenters. The summed E-state index contributed by atoms with van der Waals surface area (Å²) in [5, 5.41) is 0. The normalized spacial score (nSPS) is 26.3. The zero-order valence-electron chi connectivity index (χ0n) is 19.8. The highest BCUT2D eigenvalue weighted by Gasteiger charge is 2.49. The van der Waals surface area contributed by atoms with Gasteiger partial charge < -0.3 is 20.3 Å². The van der Waals surface area contributed by atoms with Crippen molar-refractivity contribution in [1.82, 2.24) is 20.7 Å². The highest BCUT2D eigenvalue weighted by Crippen LogP contribution is 2.41. The standard InChI is InChI=1S/C27H31N5O3/c1-2-7-23(33)31-15-6-8-19(16-31)32-17-22(24-25(32)27(34)30-29-26(24)28)18-11-13-21(14-12-18)35-20-9-4-3-5-10-20/h2-5,7,9-14,17,19,24-26,29H,6,8,15-16,28H2,1H3,(H,30,34)/b7-2+/t19-,24?,25?,26?/m1/s1. The Labute approximate surface area is 205 Å². The number of para-hydroxylation sites is 1. The fourth-order valence-corrected chi connectivity index (χ4v) is 5.27. The lowest BCUT2D eigenvalue weighted by Crippen LogP contribution is -2.67. The third-order valence-corrected chi connectivity index (χ3v) is 6.93. The van der Waals surface area contributed by atoms with Crippen LogP contribution in [-0.2, 0) is 9.59 Å². The van der Waals surface area contributed by atoms with E-state index in [-0.39, 0.29) is 23.8 Å². The van der Waals surface area contributed by atoms with Crippen LogP contribution in [-0.4, -0.2) is 53.0 Å². The number of amides is 2. The number of rotatable bonds is 5. The minimum absolute atomic E-state index is 0.0117. The molecule has 2 fully saturated rings. The number of nitrogens with two attached hydrogens (primary N) is 1. The van der Waals surface area contributed by atoms with Crippen LogP contribution < -0.4 is 21.3 Å². The molecule has 2 aromatic carbocycles. The molecule has 2 saturated heterocycles. The van der Waals surface area contributed by atoms with Crippen molar-refractivity contribution in [2.75, 3.05) is 13.1 Å². The molecule has 35 heavy (non-hydrogen) atoms. The van der Waals surface area contributed by atoms with Crippen LogP contribution in [0.2, 0.25) is 0 Å². The number of benzene rings is 2.